The van der Waals surface area contributed by atoms with Crippen molar-refractivity contribution >= 4 is 9.73 Å². The molecule has 0 aromatic heterocycles. The summed E-state index contributed by atoms with van der Waals surface area (Å²) in [6, 6.07) is 0. The van der Waals surface area contributed by atoms with Crippen LogP contribution < -0.4 is 0 Å². The van der Waals surface area contributed by atoms with Crippen LogP contribution in [0.4, 0.5) is 0 Å². The van der Waals surface area contributed by atoms with Gasteiger partial charge in [0.2, 0.25) is 0 Å². The SMILES string of the molecule is CCC[S@@](=N)(=O)C1CCCCC1. The van der Waals surface area contributed by atoms with Crippen molar-refractivity contribution in [1.29, 1.82) is 4.78 Å². The fourth-order valence-electron chi connectivity index (χ4n) is 1.92. The molecule has 0 aromatic carbocycles. The quantitative estimate of drug-likeness (QED) is 0.728. The minimum absolute atomic E-state index is 0.214. The number of hydrogen-bond donors (Lipinski definition) is 1. The molecule has 0 radical (unpaired) electrons. The van der Waals surface area contributed by atoms with Gasteiger partial charge in [-0.05, 0) is 19.3 Å². The molecule has 1 saturated carbocycles. The molecule has 1 aliphatic rings. The zero-order valence-electron chi connectivity index (χ0n) is 7.84. The number of rotatable bonds is 3. The van der Waals surface area contributed by atoms with E-state index in [0.717, 1.165) is 19.3 Å². The van der Waals surface area contributed by atoms with E-state index in [9.17, 15) is 4.21 Å². The van der Waals surface area contributed by atoms with Crippen LogP contribution >= 0.6 is 0 Å². The molecular formula is C9H19NOS. The lowest BCUT2D eigenvalue weighted by Gasteiger charge is -2.23. The van der Waals surface area contributed by atoms with Gasteiger partial charge in [-0.15, -0.1) is 0 Å². The highest BCUT2D eigenvalue weighted by molar-refractivity contribution is 7.93. The third-order valence-electron chi connectivity index (χ3n) is 2.60. The largest absolute Gasteiger partial charge is 0.253 e. The topological polar surface area (TPSA) is 40.9 Å². The van der Waals surface area contributed by atoms with Crippen molar-refractivity contribution in [2.24, 2.45) is 0 Å². The van der Waals surface area contributed by atoms with Gasteiger partial charge in [-0.1, -0.05) is 26.2 Å². The lowest BCUT2D eigenvalue weighted by molar-refractivity contribution is 0.501. The Bertz CT molecular complexity index is 215. The third kappa shape index (κ3) is 2.47. The molecule has 0 saturated heterocycles. The minimum atomic E-state index is -2.23. The zero-order chi connectivity index (χ0) is 9.03. The first-order valence-electron chi connectivity index (χ1n) is 4.92. The summed E-state index contributed by atoms with van der Waals surface area (Å²) in [7, 11) is -2.23. The maximum atomic E-state index is 11.8. The Morgan fingerprint density at radius 1 is 1.33 bits per heavy atom. The van der Waals surface area contributed by atoms with Crippen LogP contribution in [0.5, 0.6) is 0 Å². The van der Waals surface area contributed by atoms with E-state index >= 15 is 0 Å². The van der Waals surface area contributed by atoms with Crippen LogP contribution in [0.25, 0.3) is 0 Å². The van der Waals surface area contributed by atoms with Crippen molar-refractivity contribution in [3.05, 3.63) is 0 Å². The van der Waals surface area contributed by atoms with E-state index in [1.807, 2.05) is 6.92 Å². The summed E-state index contributed by atoms with van der Waals surface area (Å²) < 4.78 is 19.6. The summed E-state index contributed by atoms with van der Waals surface area (Å²) in [6.45, 7) is 2.01. The molecule has 1 N–H and O–H groups in total. The first kappa shape index (κ1) is 10.0. The van der Waals surface area contributed by atoms with Gasteiger partial charge in [0.25, 0.3) is 0 Å². The molecule has 1 rings (SSSR count). The van der Waals surface area contributed by atoms with Crippen molar-refractivity contribution in [3.8, 4) is 0 Å². The molecule has 1 atom stereocenters. The van der Waals surface area contributed by atoms with Crippen LogP contribution in [0.15, 0.2) is 0 Å². The summed E-state index contributed by atoms with van der Waals surface area (Å²) >= 11 is 0. The van der Waals surface area contributed by atoms with Gasteiger partial charge in [-0.3, -0.25) is 4.78 Å². The third-order valence-corrected chi connectivity index (χ3v) is 5.16. The Morgan fingerprint density at radius 2 is 1.92 bits per heavy atom. The smallest absolute Gasteiger partial charge is 0.0470 e. The lowest BCUT2D eigenvalue weighted by atomic mass is 10.0. The molecule has 0 amide bonds. The fourth-order valence-corrected chi connectivity index (χ4v) is 3.95. The Kier molecular flexibility index (Phi) is 3.56. The Labute approximate surface area is 75.7 Å². The van der Waals surface area contributed by atoms with Crippen LogP contribution in [0, 0.1) is 4.78 Å². The zero-order valence-corrected chi connectivity index (χ0v) is 8.66. The monoisotopic (exact) mass is 189 g/mol. The normalized spacial score (nSPS) is 25.1. The van der Waals surface area contributed by atoms with Crippen LogP contribution in [-0.4, -0.2) is 15.2 Å². The van der Waals surface area contributed by atoms with Crippen LogP contribution in [0.3, 0.4) is 0 Å². The van der Waals surface area contributed by atoms with Gasteiger partial charge in [-0.25, -0.2) is 4.21 Å². The molecule has 0 spiro atoms. The van der Waals surface area contributed by atoms with Gasteiger partial charge >= 0.3 is 0 Å². The second-order valence-electron chi connectivity index (χ2n) is 3.69. The van der Waals surface area contributed by atoms with Crippen LogP contribution in [0.2, 0.25) is 0 Å². The molecule has 0 unspecified atom stereocenters. The second-order valence-corrected chi connectivity index (χ2v) is 6.22. The van der Waals surface area contributed by atoms with Crippen molar-refractivity contribution in [2.45, 2.75) is 50.7 Å². The van der Waals surface area contributed by atoms with E-state index in [2.05, 4.69) is 0 Å². The summed E-state index contributed by atoms with van der Waals surface area (Å²) in [5, 5.41) is 0.214. The molecule has 0 heterocycles. The molecule has 0 bridgehead atoms. The van der Waals surface area contributed by atoms with E-state index in [1.54, 1.807) is 0 Å². The van der Waals surface area contributed by atoms with Crippen LogP contribution in [-0.2, 0) is 9.73 Å². The molecule has 3 heteroatoms. The maximum absolute atomic E-state index is 11.8. The van der Waals surface area contributed by atoms with Gasteiger partial charge in [0.15, 0.2) is 0 Å². The molecule has 12 heavy (non-hydrogen) atoms. The highest BCUT2D eigenvalue weighted by Gasteiger charge is 2.22. The Balaban J connectivity index is 2.54. The van der Waals surface area contributed by atoms with E-state index in [4.69, 9.17) is 4.78 Å². The highest BCUT2D eigenvalue weighted by atomic mass is 32.2. The molecule has 72 valence electrons. The van der Waals surface area contributed by atoms with E-state index in [0.29, 0.717) is 5.75 Å². The molecule has 1 aliphatic carbocycles. The minimum Gasteiger partial charge on any atom is -0.253 e. The predicted octanol–water partition coefficient (Wildman–Crippen LogP) is 2.78. The molecule has 2 nitrogen and oxygen atoms in total. The van der Waals surface area contributed by atoms with Crippen LogP contribution in [0.1, 0.15) is 45.4 Å². The Morgan fingerprint density at radius 3 is 2.42 bits per heavy atom. The summed E-state index contributed by atoms with van der Waals surface area (Å²) in [5.74, 6) is 0.609. The Hall–Kier alpha value is -0.0500. The van der Waals surface area contributed by atoms with Gasteiger partial charge in [0, 0.05) is 20.7 Å². The first-order chi connectivity index (χ1) is 5.67. The second kappa shape index (κ2) is 4.26. The van der Waals surface area contributed by atoms with Crippen molar-refractivity contribution in [1.82, 2.24) is 0 Å². The lowest BCUT2D eigenvalue weighted by Crippen LogP contribution is -2.24. The van der Waals surface area contributed by atoms with Gasteiger partial charge in [0.1, 0.15) is 0 Å². The molecule has 1 fully saturated rings. The van der Waals surface area contributed by atoms with E-state index in [-0.39, 0.29) is 5.25 Å². The molecule has 0 aliphatic heterocycles. The average molecular weight is 189 g/mol. The van der Waals surface area contributed by atoms with Crippen molar-refractivity contribution in [3.63, 3.8) is 0 Å². The fraction of sp³-hybridized carbons (Fsp3) is 1.00. The molecule has 0 aromatic rings. The maximum Gasteiger partial charge on any atom is 0.0470 e. The molecular weight excluding hydrogens is 170 g/mol. The number of nitrogens with one attached hydrogen (secondary N) is 1. The summed E-state index contributed by atoms with van der Waals surface area (Å²) in [4.78, 5) is 0. The van der Waals surface area contributed by atoms with Crippen molar-refractivity contribution in [2.75, 3.05) is 5.75 Å². The standard InChI is InChI=1S/C9H19NOS/c1-2-8-12(10,11)9-6-4-3-5-7-9/h9-10H,2-8H2,1H3/t12-/m1/s1. The summed E-state index contributed by atoms with van der Waals surface area (Å²) in [6.07, 6.45) is 6.59. The highest BCUT2D eigenvalue weighted by Crippen LogP contribution is 2.24. The first-order valence-corrected chi connectivity index (χ1v) is 6.71. The van der Waals surface area contributed by atoms with Gasteiger partial charge in [-0.2, -0.15) is 0 Å². The van der Waals surface area contributed by atoms with E-state index < -0.39 is 9.73 Å². The van der Waals surface area contributed by atoms with Crippen molar-refractivity contribution < 1.29 is 4.21 Å². The predicted molar refractivity (Wildman–Crippen MR) is 52.9 cm³/mol. The summed E-state index contributed by atoms with van der Waals surface area (Å²) in [5.41, 5.74) is 0. The number of hydrogen-bond acceptors (Lipinski definition) is 2. The van der Waals surface area contributed by atoms with Gasteiger partial charge in [0.05, 0.1) is 0 Å². The average Bonchev–Trinajstić information content (AvgIpc) is 2.06. The van der Waals surface area contributed by atoms with E-state index in [1.165, 1.54) is 19.3 Å². The van der Waals surface area contributed by atoms with Gasteiger partial charge < -0.3 is 0 Å².